The van der Waals surface area contributed by atoms with Gasteiger partial charge >= 0.3 is 0 Å². The number of para-hydroxylation sites is 2. The number of benzene rings is 1. The molecule has 1 aromatic carbocycles. The van der Waals surface area contributed by atoms with Crippen LogP contribution in [0.1, 0.15) is 0 Å². The van der Waals surface area contributed by atoms with Crippen molar-refractivity contribution in [3.05, 3.63) is 39.1 Å². The average Bonchev–Trinajstić information content (AvgIpc) is 2.79. The van der Waals surface area contributed by atoms with E-state index >= 15 is 0 Å². The number of hydrogen-bond acceptors (Lipinski definition) is 4. The van der Waals surface area contributed by atoms with E-state index in [2.05, 4.69) is 15.9 Å². The molecule has 0 spiro atoms. The molecule has 0 N–H and O–H groups in total. The van der Waals surface area contributed by atoms with Crippen molar-refractivity contribution in [1.29, 1.82) is 0 Å². The molecule has 0 fully saturated rings. The Kier molecular flexibility index (Phi) is 3.70. The van der Waals surface area contributed by atoms with Crippen LogP contribution in [0, 0.1) is 0 Å². The van der Waals surface area contributed by atoms with Crippen LogP contribution in [0.4, 0.5) is 5.69 Å². The van der Waals surface area contributed by atoms with E-state index in [1.54, 1.807) is 18.2 Å². The van der Waals surface area contributed by atoms with E-state index in [4.69, 9.17) is 16.3 Å². The van der Waals surface area contributed by atoms with Gasteiger partial charge in [-0.1, -0.05) is 23.7 Å². The summed E-state index contributed by atoms with van der Waals surface area (Å²) in [5.41, 5.74) is 0.555. The van der Waals surface area contributed by atoms with Gasteiger partial charge in [0.05, 0.1) is 21.0 Å². The number of hydrogen-bond donors (Lipinski definition) is 0. The highest BCUT2D eigenvalue weighted by atomic mass is 79.9. The van der Waals surface area contributed by atoms with Crippen molar-refractivity contribution >= 4 is 54.6 Å². The maximum atomic E-state index is 12.7. The molecule has 0 amide bonds. The van der Waals surface area contributed by atoms with Crippen molar-refractivity contribution in [1.82, 2.24) is 0 Å². The van der Waals surface area contributed by atoms with Gasteiger partial charge in [-0.2, -0.15) is 0 Å². The molecule has 20 heavy (non-hydrogen) atoms. The van der Waals surface area contributed by atoms with Gasteiger partial charge in [-0.15, -0.1) is 11.3 Å². The monoisotopic (exact) mass is 393 g/mol. The maximum Gasteiger partial charge on any atom is 0.274 e. The van der Waals surface area contributed by atoms with Crippen molar-refractivity contribution in [2.45, 2.75) is 4.21 Å². The number of fused-ring (bicyclic) bond motifs is 1. The van der Waals surface area contributed by atoms with Gasteiger partial charge in [0.15, 0.2) is 0 Å². The lowest BCUT2D eigenvalue weighted by atomic mass is 10.2. The first-order valence-electron chi connectivity index (χ1n) is 5.69. The van der Waals surface area contributed by atoms with Crippen molar-refractivity contribution < 1.29 is 13.2 Å². The summed E-state index contributed by atoms with van der Waals surface area (Å²) >= 11 is 10.3. The SMILES string of the molecule is O=S(=O)(c1cc(Cl)c(Br)s1)N1CCOc2ccccc21. The average molecular weight is 395 g/mol. The summed E-state index contributed by atoms with van der Waals surface area (Å²) in [6.07, 6.45) is 0. The van der Waals surface area contributed by atoms with Crippen LogP contribution in [0.5, 0.6) is 5.75 Å². The Bertz CT molecular complexity index is 740. The zero-order valence-corrected chi connectivity index (χ0v) is 14.0. The Morgan fingerprint density at radius 3 is 2.80 bits per heavy atom. The third-order valence-electron chi connectivity index (χ3n) is 2.85. The zero-order valence-electron chi connectivity index (χ0n) is 10.0. The first-order valence-corrected chi connectivity index (χ1v) is 9.12. The molecular weight excluding hydrogens is 386 g/mol. The molecule has 2 aromatic rings. The molecule has 0 unspecified atom stereocenters. The van der Waals surface area contributed by atoms with Crippen LogP contribution < -0.4 is 9.04 Å². The first-order chi connectivity index (χ1) is 9.50. The Hall–Kier alpha value is -0.760. The van der Waals surface area contributed by atoms with Crippen LogP contribution in [0.3, 0.4) is 0 Å². The second-order valence-corrected chi connectivity index (χ2v) is 8.95. The quantitative estimate of drug-likeness (QED) is 0.779. The van der Waals surface area contributed by atoms with Gasteiger partial charge in [0.25, 0.3) is 10.0 Å². The number of rotatable bonds is 2. The third-order valence-corrected chi connectivity index (χ3v) is 7.59. The number of sulfonamides is 1. The number of anilines is 1. The molecule has 8 heteroatoms. The fourth-order valence-corrected chi connectivity index (χ4v) is 5.93. The van der Waals surface area contributed by atoms with Gasteiger partial charge in [-0.3, -0.25) is 4.31 Å². The van der Waals surface area contributed by atoms with Crippen LogP contribution in [0.2, 0.25) is 5.02 Å². The molecule has 0 aliphatic carbocycles. The summed E-state index contributed by atoms with van der Waals surface area (Å²) in [7, 11) is -3.62. The highest BCUT2D eigenvalue weighted by molar-refractivity contribution is 9.11. The lowest BCUT2D eigenvalue weighted by molar-refractivity contribution is 0.316. The minimum absolute atomic E-state index is 0.214. The Labute approximate surface area is 134 Å². The van der Waals surface area contributed by atoms with Crippen LogP contribution in [-0.4, -0.2) is 21.6 Å². The van der Waals surface area contributed by atoms with Gasteiger partial charge in [0, 0.05) is 0 Å². The summed E-state index contributed by atoms with van der Waals surface area (Å²) in [4.78, 5) is 0. The van der Waals surface area contributed by atoms with E-state index in [0.29, 0.717) is 26.9 Å². The number of halogens is 2. The molecule has 2 heterocycles. The highest BCUT2D eigenvalue weighted by Gasteiger charge is 2.31. The fourth-order valence-electron chi connectivity index (χ4n) is 1.96. The van der Waals surface area contributed by atoms with Gasteiger partial charge in [-0.05, 0) is 34.1 Å². The lowest BCUT2D eigenvalue weighted by Crippen LogP contribution is -2.37. The van der Waals surface area contributed by atoms with Crippen molar-refractivity contribution in [2.75, 3.05) is 17.5 Å². The van der Waals surface area contributed by atoms with E-state index in [0.717, 1.165) is 11.3 Å². The van der Waals surface area contributed by atoms with Crippen LogP contribution >= 0.6 is 38.9 Å². The van der Waals surface area contributed by atoms with Crippen LogP contribution in [0.15, 0.2) is 38.3 Å². The van der Waals surface area contributed by atoms with E-state index < -0.39 is 10.0 Å². The molecule has 1 aliphatic heterocycles. The second kappa shape index (κ2) is 5.22. The summed E-state index contributed by atoms with van der Waals surface area (Å²) in [6.45, 7) is 0.614. The summed E-state index contributed by atoms with van der Waals surface area (Å²) in [5, 5.41) is 0.398. The summed E-state index contributed by atoms with van der Waals surface area (Å²) in [5.74, 6) is 0.573. The van der Waals surface area contributed by atoms with Crippen LogP contribution in [-0.2, 0) is 10.0 Å². The minimum Gasteiger partial charge on any atom is -0.489 e. The highest BCUT2D eigenvalue weighted by Crippen LogP contribution is 2.40. The molecule has 106 valence electrons. The number of ether oxygens (including phenoxy) is 1. The molecule has 0 radical (unpaired) electrons. The normalized spacial score (nSPS) is 14.8. The second-order valence-electron chi connectivity index (χ2n) is 4.08. The van der Waals surface area contributed by atoms with E-state index in [9.17, 15) is 8.42 Å². The van der Waals surface area contributed by atoms with E-state index in [1.165, 1.54) is 10.4 Å². The molecule has 0 saturated carbocycles. The van der Waals surface area contributed by atoms with Gasteiger partial charge in [-0.25, -0.2) is 8.42 Å². The molecule has 3 rings (SSSR count). The van der Waals surface area contributed by atoms with Crippen molar-refractivity contribution in [3.8, 4) is 5.75 Å². The summed E-state index contributed by atoms with van der Waals surface area (Å²) in [6, 6.07) is 8.55. The predicted octanol–water partition coefficient (Wildman–Crippen LogP) is 3.75. The summed E-state index contributed by atoms with van der Waals surface area (Å²) < 4.78 is 33.1. The van der Waals surface area contributed by atoms with Gasteiger partial charge in [0.1, 0.15) is 16.6 Å². The van der Waals surface area contributed by atoms with Gasteiger partial charge < -0.3 is 4.74 Å². The predicted molar refractivity (Wildman–Crippen MR) is 83.5 cm³/mol. The standard InChI is InChI=1S/C12H9BrClNO3S2/c13-12-8(14)7-11(19-12)20(16,17)15-5-6-18-10-4-2-1-3-9(10)15/h1-4,7H,5-6H2. The molecule has 0 bridgehead atoms. The third kappa shape index (κ3) is 2.32. The Morgan fingerprint density at radius 2 is 2.10 bits per heavy atom. The molecular formula is C12H9BrClNO3S2. The topological polar surface area (TPSA) is 46.6 Å². The number of thiophene rings is 1. The molecule has 1 aromatic heterocycles. The Morgan fingerprint density at radius 1 is 1.35 bits per heavy atom. The van der Waals surface area contributed by atoms with Gasteiger partial charge in [0.2, 0.25) is 0 Å². The molecule has 1 aliphatic rings. The smallest absolute Gasteiger partial charge is 0.274 e. The minimum atomic E-state index is -3.62. The lowest BCUT2D eigenvalue weighted by Gasteiger charge is -2.29. The Balaban J connectivity index is 2.09. The van der Waals surface area contributed by atoms with E-state index in [-0.39, 0.29) is 10.8 Å². The van der Waals surface area contributed by atoms with Crippen LogP contribution in [0.25, 0.3) is 0 Å². The molecule has 4 nitrogen and oxygen atoms in total. The maximum absolute atomic E-state index is 12.7. The molecule has 0 atom stereocenters. The zero-order chi connectivity index (χ0) is 14.3. The fraction of sp³-hybridized carbons (Fsp3) is 0.167. The number of nitrogens with zero attached hydrogens (tertiary/aromatic N) is 1. The largest absolute Gasteiger partial charge is 0.489 e. The van der Waals surface area contributed by atoms with Crippen molar-refractivity contribution in [2.24, 2.45) is 0 Å². The van der Waals surface area contributed by atoms with Crippen molar-refractivity contribution in [3.63, 3.8) is 0 Å². The molecule has 0 saturated heterocycles. The van der Waals surface area contributed by atoms with E-state index in [1.807, 2.05) is 6.07 Å². The first kappa shape index (κ1) is 14.2.